The van der Waals surface area contributed by atoms with Gasteiger partial charge < -0.3 is 23.5 Å². The summed E-state index contributed by atoms with van der Waals surface area (Å²) in [6.07, 6.45) is 5.82. The summed E-state index contributed by atoms with van der Waals surface area (Å²) < 4.78 is 46.7. The molecule has 1 aliphatic heterocycles. The standard InChI is InChI=1S/C27H46N2O10S/c1-19(30)36-18-24-26(38-21(3)32)27(39-22(4)33)25(37-20(2)31)17-28(24)14-10-5-6-11-15-29(40(34)35)16-23-12-8-7-9-13-23/h23-27H,5-18H2,1-4H3,(H,34,35)/p-1/t24?,25-,26?,27?/m0/s1. The van der Waals surface area contributed by atoms with Gasteiger partial charge >= 0.3 is 23.9 Å². The minimum atomic E-state index is -2.24. The average Bonchev–Trinajstić information content (AvgIpc) is 2.86. The molecule has 0 bridgehead atoms. The predicted molar refractivity (Wildman–Crippen MR) is 144 cm³/mol. The molecule has 12 nitrogen and oxygen atoms in total. The monoisotopic (exact) mass is 589 g/mol. The van der Waals surface area contributed by atoms with Crippen molar-refractivity contribution >= 4 is 35.1 Å². The topological polar surface area (TPSA) is 152 Å². The van der Waals surface area contributed by atoms with E-state index in [2.05, 4.69) is 0 Å². The zero-order valence-electron chi connectivity index (χ0n) is 24.2. The maximum Gasteiger partial charge on any atom is 0.303 e. The Kier molecular flexibility index (Phi) is 15.1. The molecule has 2 rings (SSSR count). The van der Waals surface area contributed by atoms with Crippen molar-refractivity contribution in [1.29, 1.82) is 0 Å². The van der Waals surface area contributed by atoms with Gasteiger partial charge in [0.1, 0.15) is 6.61 Å². The fraction of sp³-hybridized carbons (Fsp3) is 0.852. The van der Waals surface area contributed by atoms with Gasteiger partial charge in [-0.3, -0.25) is 28.3 Å². The normalized spacial score (nSPS) is 24.8. The smallest absolute Gasteiger partial charge is 0.303 e. The molecule has 1 saturated heterocycles. The van der Waals surface area contributed by atoms with Crippen molar-refractivity contribution < 1.29 is 46.9 Å². The molecule has 2 aliphatic rings. The molecule has 0 aromatic rings. The highest BCUT2D eigenvalue weighted by atomic mass is 32.2. The molecular weight excluding hydrogens is 544 g/mol. The lowest BCUT2D eigenvalue weighted by molar-refractivity contribution is -0.207. The number of esters is 4. The molecule has 0 aromatic carbocycles. The van der Waals surface area contributed by atoms with Crippen LogP contribution in [0.4, 0.5) is 0 Å². The third-order valence-electron chi connectivity index (χ3n) is 7.33. The molecule has 4 unspecified atom stereocenters. The zero-order chi connectivity index (χ0) is 29.7. The molecule has 1 saturated carbocycles. The number of nitrogens with zero attached hydrogens (tertiary/aromatic N) is 2. The molecule has 1 aliphatic carbocycles. The van der Waals surface area contributed by atoms with Gasteiger partial charge in [-0.1, -0.05) is 32.1 Å². The van der Waals surface area contributed by atoms with Gasteiger partial charge in [-0.05, 0) is 38.1 Å². The second-order valence-electron chi connectivity index (χ2n) is 10.7. The van der Waals surface area contributed by atoms with Gasteiger partial charge in [-0.15, -0.1) is 0 Å². The zero-order valence-corrected chi connectivity index (χ0v) is 25.0. The van der Waals surface area contributed by atoms with Gasteiger partial charge in [-0.2, -0.15) is 0 Å². The number of hydrogen-bond acceptors (Lipinski definition) is 11. The molecule has 40 heavy (non-hydrogen) atoms. The van der Waals surface area contributed by atoms with Crippen LogP contribution >= 0.6 is 0 Å². The summed E-state index contributed by atoms with van der Waals surface area (Å²) in [5.74, 6) is -1.90. The van der Waals surface area contributed by atoms with Gasteiger partial charge in [-0.25, -0.2) is 4.31 Å². The van der Waals surface area contributed by atoms with E-state index in [9.17, 15) is 27.9 Å². The Morgan fingerprint density at radius 3 is 2.00 bits per heavy atom. The van der Waals surface area contributed by atoms with Gasteiger partial charge in [0, 0.05) is 58.6 Å². The van der Waals surface area contributed by atoms with Crippen molar-refractivity contribution in [3.05, 3.63) is 0 Å². The second kappa shape index (κ2) is 17.7. The lowest BCUT2D eigenvalue weighted by Crippen LogP contribution is -2.65. The maximum absolute atomic E-state index is 12.0. The summed E-state index contributed by atoms with van der Waals surface area (Å²) in [5, 5.41) is 0. The first kappa shape index (κ1) is 34.1. The first-order valence-corrected chi connectivity index (χ1v) is 15.2. The molecule has 0 aromatic heterocycles. The van der Waals surface area contributed by atoms with Crippen LogP contribution in [-0.2, 0) is 49.4 Å². The van der Waals surface area contributed by atoms with Crippen LogP contribution in [0.1, 0.15) is 85.5 Å². The van der Waals surface area contributed by atoms with E-state index in [1.54, 1.807) is 0 Å². The highest BCUT2D eigenvalue weighted by Crippen LogP contribution is 2.28. The van der Waals surface area contributed by atoms with Crippen LogP contribution in [0.3, 0.4) is 0 Å². The highest BCUT2D eigenvalue weighted by molar-refractivity contribution is 7.76. The van der Waals surface area contributed by atoms with Crippen molar-refractivity contribution in [2.45, 2.75) is 110 Å². The van der Waals surface area contributed by atoms with Crippen molar-refractivity contribution in [3.63, 3.8) is 0 Å². The van der Waals surface area contributed by atoms with Gasteiger partial charge in [0.25, 0.3) is 0 Å². The van der Waals surface area contributed by atoms with Crippen molar-refractivity contribution in [2.24, 2.45) is 5.92 Å². The summed E-state index contributed by atoms with van der Waals surface area (Å²) in [6, 6.07) is -0.627. The number of ether oxygens (including phenoxy) is 4. The van der Waals surface area contributed by atoms with Gasteiger partial charge in [0.15, 0.2) is 18.3 Å². The third-order valence-corrected chi connectivity index (χ3v) is 8.09. The van der Waals surface area contributed by atoms with E-state index < -0.39 is 59.5 Å². The van der Waals surface area contributed by atoms with Crippen LogP contribution in [0.25, 0.3) is 0 Å². The molecule has 1 heterocycles. The van der Waals surface area contributed by atoms with Gasteiger partial charge in [0.05, 0.1) is 6.04 Å². The van der Waals surface area contributed by atoms with Crippen molar-refractivity contribution in [1.82, 2.24) is 9.21 Å². The van der Waals surface area contributed by atoms with Crippen molar-refractivity contribution in [3.8, 4) is 0 Å². The fourth-order valence-electron chi connectivity index (χ4n) is 5.60. The predicted octanol–water partition coefficient (Wildman–Crippen LogP) is 2.27. The van der Waals surface area contributed by atoms with Crippen LogP contribution in [-0.4, -0.2) is 99.0 Å². The first-order chi connectivity index (χ1) is 19.0. The molecule has 230 valence electrons. The van der Waals surface area contributed by atoms with Crippen LogP contribution in [0.2, 0.25) is 0 Å². The Labute approximate surface area is 239 Å². The summed E-state index contributed by atoms with van der Waals surface area (Å²) in [4.78, 5) is 49.2. The summed E-state index contributed by atoms with van der Waals surface area (Å²) in [5.41, 5.74) is 0. The number of hydrogen-bond donors (Lipinski definition) is 0. The molecule has 0 N–H and O–H groups in total. The minimum absolute atomic E-state index is 0.108. The van der Waals surface area contributed by atoms with E-state index in [1.165, 1.54) is 38.4 Å². The van der Waals surface area contributed by atoms with E-state index >= 15 is 0 Å². The lowest BCUT2D eigenvalue weighted by Gasteiger charge is -2.46. The molecular formula is C27H45N2O10S-. The number of carbonyl (C=O) groups is 4. The molecule has 2 fully saturated rings. The number of rotatable bonds is 15. The molecule has 0 spiro atoms. The first-order valence-electron chi connectivity index (χ1n) is 14.2. The number of carbonyl (C=O) groups excluding carboxylic acids is 4. The Morgan fingerprint density at radius 2 is 1.43 bits per heavy atom. The van der Waals surface area contributed by atoms with E-state index in [4.69, 9.17) is 18.9 Å². The lowest BCUT2D eigenvalue weighted by atomic mass is 9.89. The van der Waals surface area contributed by atoms with E-state index in [0.717, 1.165) is 51.4 Å². The molecule has 0 radical (unpaired) electrons. The minimum Gasteiger partial charge on any atom is -0.760 e. The highest BCUT2D eigenvalue weighted by Gasteiger charge is 2.49. The Balaban J connectivity index is 2.01. The SMILES string of the molecule is CC(=O)OCC1C(OC(C)=O)C(OC(C)=O)[C@@H](OC(C)=O)CN1CCCCCCN(CC1CCCCC1)S(=O)[O-]. The maximum atomic E-state index is 12.0. The third kappa shape index (κ3) is 12.2. The fourth-order valence-corrected chi connectivity index (χ4v) is 6.21. The largest absolute Gasteiger partial charge is 0.760 e. The van der Waals surface area contributed by atoms with E-state index in [0.29, 0.717) is 25.6 Å². The number of piperidine rings is 1. The summed E-state index contributed by atoms with van der Waals surface area (Å²) in [7, 11) is 0. The number of unbranched alkanes of at least 4 members (excludes halogenated alkanes) is 3. The Bertz CT molecular complexity index is 866. The average molecular weight is 590 g/mol. The molecule has 0 amide bonds. The van der Waals surface area contributed by atoms with Crippen LogP contribution in [0, 0.1) is 5.92 Å². The number of likely N-dealkylation sites (tertiary alicyclic amines) is 1. The Hall–Kier alpha value is -2.09. The van der Waals surface area contributed by atoms with Crippen LogP contribution < -0.4 is 0 Å². The van der Waals surface area contributed by atoms with Gasteiger partial charge in [0.2, 0.25) is 0 Å². The van der Waals surface area contributed by atoms with E-state index in [-0.39, 0.29) is 13.2 Å². The van der Waals surface area contributed by atoms with Crippen LogP contribution in [0.15, 0.2) is 0 Å². The van der Waals surface area contributed by atoms with Crippen molar-refractivity contribution in [2.75, 3.05) is 32.8 Å². The van der Waals surface area contributed by atoms with Crippen LogP contribution in [0.5, 0.6) is 0 Å². The summed E-state index contributed by atoms with van der Waals surface area (Å²) >= 11 is -2.24. The Morgan fingerprint density at radius 1 is 0.825 bits per heavy atom. The molecule has 5 atom stereocenters. The molecule has 13 heteroatoms. The quantitative estimate of drug-likeness (QED) is 0.120. The second-order valence-corrected chi connectivity index (χ2v) is 11.6. The van der Waals surface area contributed by atoms with E-state index in [1.807, 2.05) is 4.90 Å². The summed E-state index contributed by atoms with van der Waals surface area (Å²) in [6.45, 7) is 6.60.